The number of hydrogen-bond donors (Lipinski definition) is 1. The predicted molar refractivity (Wildman–Crippen MR) is 119 cm³/mol. The van der Waals surface area contributed by atoms with E-state index >= 15 is 0 Å². The second-order valence-electron chi connectivity index (χ2n) is 8.19. The molecule has 0 aliphatic carbocycles. The molecule has 34 heavy (non-hydrogen) atoms. The smallest absolute Gasteiger partial charge is 0.343 e. The molecule has 1 unspecified atom stereocenters. The maximum atomic E-state index is 13.5. The number of fused-ring (bicyclic) bond motifs is 1. The lowest BCUT2D eigenvalue weighted by Crippen LogP contribution is -2.34. The van der Waals surface area contributed by atoms with Gasteiger partial charge in [-0.2, -0.15) is 4.98 Å². The van der Waals surface area contributed by atoms with Gasteiger partial charge in [-0.15, -0.1) is 0 Å². The lowest BCUT2D eigenvalue weighted by atomic mass is 9.98. The number of likely N-dealkylation sites (tertiary alicyclic amines) is 1. The summed E-state index contributed by atoms with van der Waals surface area (Å²) in [7, 11) is 0. The van der Waals surface area contributed by atoms with Gasteiger partial charge in [-0.25, -0.2) is 18.7 Å². The fourth-order valence-electron chi connectivity index (χ4n) is 4.24. The molecule has 1 aromatic carbocycles. The van der Waals surface area contributed by atoms with Crippen LogP contribution in [0.5, 0.6) is 0 Å². The van der Waals surface area contributed by atoms with Crippen molar-refractivity contribution in [1.29, 1.82) is 0 Å². The number of aromatic nitrogens is 5. The number of aromatic amines is 1. The van der Waals surface area contributed by atoms with E-state index in [1.165, 1.54) is 28.9 Å². The SMILES string of the molecule is CCOC(=O)c1c[nH]n2c(=O)cc(CN3CCCC(c4nc(-c5cccc(F)c5)no4)C3)nc12. The first kappa shape index (κ1) is 22.0. The first-order chi connectivity index (χ1) is 16.5. The van der Waals surface area contributed by atoms with Crippen LogP contribution >= 0.6 is 0 Å². The molecule has 5 rings (SSSR count). The Balaban J connectivity index is 1.33. The van der Waals surface area contributed by atoms with Gasteiger partial charge < -0.3 is 9.26 Å². The average molecular weight is 466 g/mol. The predicted octanol–water partition coefficient (Wildman–Crippen LogP) is 2.77. The zero-order chi connectivity index (χ0) is 23.7. The summed E-state index contributed by atoms with van der Waals surface area (Å²) in [5, 5.41) is 6.77. The number of carbonyl (C=O) groups excluding carboxylic acids is 1. The van der Waals surface area contributed by atoms with Crippen LogP contribution in [0.1, 0.15) is 47.6 Å². The molecule has 1 saturated heterocycles. The fraction of sp³-hybridized carbons (Fsp3) is 0.348. The second-order valence-corrected chi connectivity index (χ2v) is 8.19. The number of esters is 1. The number of hydrogen-bond acceptors (Lipinski definition) is 8. The zero-order valence-electron chi connectivity index (χ0n) is 18.5. The monoisotopic (exact) mass is 466 g/mol. The molecule has 1 fully saturated rings. The molecule has 1 N–H and O–H groups in total. The maximum absolute atomic E-state index is 13.5. The average Bonchev–Trinajstić information content (AvgIpc) is 3.48. The summed E-state index contributed by atoms with van der Waals surface area (Å²) in [5.74, 6) is -0.0282. The highest BCUT2D eigenvalue weighted by molar-refractivity contribution is 5.95. The first-order valence-electron chi connectivity index (χ1n) is 11.1. The lowest BCUT2D eigenvalue weighted by molar-refractivity contribution is 0.0528. The van der Waals surface area contributed by atoms with Gasteiger partial charge in [-0.3, -0.25) is 14.8 Å². The normalized spacial score (nSPS) is 16.7. The van der Waals surface area contributed by atoms with Crippen molar-refractivity contribution < 1.29 is 18.4 Å². The van der Waals surface area contributed by atoms with Gasteiger partial charge in [0.05, 0.1) is 18.2 Å². The van der Waals surface area contributed by atoms with E-state index in [1.54, 1.807) is 19.1 Å². The third kappa shape index (κ3) is 4.34. The number of nitrogens with one attached hydrogen (secondary N) is 1. The summed E-state index contributed by atoms with van der Waals surface area (Å²) in [6.07, 6.45) is 3.21. The van der Waals surface area contributed by atoms with Crippen LogP contribution in [-0.4, -0.2) is 55.3 Å². The Kier molecular flexibility index (Phi) is 5.93. The minimum atomic E-state index is -0.533. The number of nitrogens with zero attached hydrogens (tertiary/aromatic N) is 5. The third-order valence-corrected chi connectivity index (χ3v) is 5.81. The van der Waals surface area contributed by atoms with Gasteiger partial charge in [-0.05, 0) is 38.4 Å². The highest BCUT2D eigenvalue weighted by Gasteiger charge is 2.27. The number of halogens is 1. The van der Waals surface area contributed by atoms with Crippen LogP contribution in [0.3, 0.4) is 0 Å². The topological polar surface area (TPSA) is 119 Å². The van der Waals surface area contributed by atoms with E-state index in [0.717, 1.165) is 19.4 Å². The molecule has 1 aliphatic heterocycles. The standard InChI is InChI=1S/C23H23FN6O4/c1-2-33-23(32)18-11-25-30-19(31)10-17(26-21(18)30)13-29-8-4-6-15(12-29)22-27-20(28-34-22)14-5-3-7-16(24)9-14/h3,5,7,9-11,15,25H,2,4,6,8,12-13H2,1H3. The quantitative estimate of drug-likeness (QED) is 0.431. The molecule has 1 aliphatic rings. The molecular formula is C23H23FN6O4. The van der Waals surface area contributed by atoms with E-state index in [2.05, 4.69) is 25.1 Å². The Hall–Kier alpha value is -3.86. The first-order valence-corrected chi connectivity index (χ1v) is 11.1. The van der Waals surface area contributed by atoms with Crippen molar-refractivity contribution in [2.24, 2.45) is 0 Å². The molecule has 176 valence electrons. The molecule has 0 amide bonds. The van der Waals surface area contributed by atoms with Crippen molar-refractivity contribution in [2.45, 2.75) is 32.2 Å². The van der Waals surface area contributed by atoms with E-state index in [0.29, 0.717) is 36.1 Å². The number of rotatable bonds is 6. The third-order valence-electron chi connectivity index (χ3n) is 5.81. The van der Waals surface area contributed by atoms with Gasteiger partial charge in [0.25, 0.3) is 5.56 Å². The van der Waals surface area contributed by atoms with Crippen molar-refractivity contribution in [1.82, 2.24) is 29.6 Å². The van der Waals surface area contributed by atoms with Crippen LogP contribution in [0.2, 0.25) is 0 Å². The minimum absolute atomic E-state index is 0.00994. The summed E-state index contributed by atoms with van der Waals surface area (Å²) in [6, 6.07) is 7.53. The van der Waals surface area contributed by atoms with E-state index < -0.39 is 5.97 Å². The van der Waals surface area contributed by atoms with Crippen LogP contribution in [0, 0.1) is 5.82 Å². The molecule has 10 nitrogen and oxygen atoms in total. The Labute approximate surface area is 193 Å². The summed E-state index contributed by atoms with van der Waals surface area (Å²) >= 11 is 0. The van der Waals surface area contributed by atoms with Crippen molar-refractivity contribution in [2.75, 3.05) is 19.7 Å². The number of piperidine rings is 1. The Morgan fingerprint density at radius 2 is 2.21 bits per heavy atom. The van der Waals surface area contributed by atoms with Crippen LogP contribution < -0.4 is 5.56 Å². The summed E-state index contributed by atoms with van der Waals surface area (Å²) in [4.78, 5) is 35.9. The van der Waals surface area contributed by atoms with Crippen molar-refractivity contribution in [3.63, 3.8) is 0 Å². The minimum Gasteiger partial charge on any atom is -0.462 e. The van der Waals surface area contributed by atoms with Crippen LogP contribution in [0.25, 0.3) is 17.0 Å². The van der Waals surface area contributed by atoms with Crippen LogP contribution in [0.4, 0.5) is 4.39 Å². The highest BCUT2D eigenvalue weighted by atomic mass is 19.1. The van der Waals surface area contributed by atoms with E-state index in [1.807, 2.05) is 0 Å². The van der Waals surface area contributed by atoms with E-state index in [-0.39, 0.29) is 35.1 Å². The summed E-state index contributed by atoms with van der Waals surface area (Å²) < 4.78 is 25.3. The van der Waals surface area contributed by atoms with Crippen LogP contribution in [-0.2, 0) is 11.3 Å². The fourth-order valence-corrected chi connectivity index (χ4v) is 4.24. The molecular weight excluding hydrogens is 443 g/mol. The van der Waals surface area contributed by atoms with Gasteiger partial charge in [0, 0.05) is 30.9 Å². The number of carbonyl (C=O) groups is 1. The lowest BCUT2D eigenvalue weighted by Gasteiger charge is -2.30. The van der Waals surface area contributed by atoms with E-state index in [4.69, 9.17) is 9.26 Å². The molecule has 0 bridgehead atoms. The Morgan fingerprint density at radius 3 is 3.03 bits per heavy atom. The second kappa shape index (κ2) is 9.18. The molecule has 0 radical (unpaired) electrons. The van der Waals surface area contributed by atoms with Gasteiger partial charge in [0.1, 0.15) is 11.4 Å². The molecule has 0 saturated carbocycles. The van der Waals surface area contributed by atoms with Crippen molar-refractivity contribution >= 4 is 11.6 Å². The summed E-state index contributed by atoms with van der Waals surface area (Å²) in [6.45, 7) is 3.84. The van der Waals surface area contributed by atoms with Gasteiger partial charge in [-0.1, -0.05) is 17.3 Å². The van der Waals surface area contributed by atoms with Crippen molar-refractivity contribution in [3.8, 4) is 11.4 Å². The zero-order valence-corrected chi connectivity index (χ0v) is 18.5. The summed E-state index contributed by atoms with van der Waals surface area (Å²) in [5.41, 5.74) is 1.27. The largest absolute Gasteiger partial charge is 0.462 e. The molecule has 11 heteroatoms. The van der Waals surface area contributed by atoms with Crippen molar-refractivity contribution in [3.05, 3.63) is 69.8 Å². The molecule has 4 heterocycles. The van der Waals surface area contributed by atoms with E-state index in [9.17, 15) is 14.0 Å². The number of ether oxygens (including phenoxy) is 1. The molecule has 4 aromatic rings. The van der Waals surface area contributed by atoms with Gasteiger partial charge in [0.15, 0.2) is 5.65 Å². The molecule has 3 aromatic heterocycles. The number of benzene rings is 1. The molecule has 0 spiro atoms. The Morgan fingerprint density at radius 1 is 1.32 bits per heavy atom. The maximum Gasteiger partial charge on any atom is 0.343 e. The number of H-pyrrole nitrogens is 1. The van der Waals surface area contributed by atoms with Crippen LogP contribution in [0.15, 0.2) is 45.8 Å². The molecule has 1 atom stereocenters. The highest BCUT2D eigenvalue weighted by Crippen LogP contribution is 2.28. The Bertz CT molecular complexity index is 1390. The van der Waals surface area contributed by atoms with Gasteiger partial charge >= 0.3 is 5.97 Å². The van der Waals surface area contributed by atoms with Gasteiger partial charge in [0.2, 0.25) is 11.7 Å².